The predicted molar refractivity (Wildman–Crippen MR) is 115 cm³/mol. The van der Waals surface area contributed by atoms with Crippen LogP contribution in [0, 0.1) is 0 Å². The number of carbonyl (C=O) groups excluding carboxylic acids is 2. The summed E-state index contributed by atoms with van der Waals surface area (Å²) in [5.41, 5.74) is 0.701. The van der Waals surface area contributed by atoms with Crippen LogP contribution in [-0.2, 0) is 4.79 Å². The minimum Gasteiger partial charge on any atom is -0.350 e. The number of rotatable bonds is 4. The molecule has 1 aliphatic carbocycles. The van der Waals surface area contributed by atoms with Gasteiger partial charge in [-0.1, -0.05) is 30.9 Å². The Morgan fingerprint density at radius 2 is 1.83 bits per heavy atom. The van der Waals surface area contributed by atoms with Crippen LogP contribution in [0.3, 0.4) is 0 Å². The van der Waals surface area contributed by atoms with Gasteiger partial charge in [-0.2, -0.15) is 0 Å². The molecule has 0 unspecified atom stereocenters. The molecule has 7 nitrogen and oxygen atoms in total. The molecule has 156 valence electrons. The number of halogens is 1. The number of thiazole rings is 1. The van der Waals surface area contributed by atoms with Crippen molar-refractivity contribution in [2.75, 3.05) is 13.1 Å². The highest BCUT2D eigenvalue weighted by Gasteiger charge is 2.25. The molecule has 2 aromatic rings. The SMILES string of the molecule is O=C(/C=C/c1c(Cl)nc2sccn12)NC1CCN(C(=O)NC2CCCCC2)CC1. The van der Waals surface area contributed by atoms with Crippen LogP contribution in [0.2, 0.25) is 5.15 Å². The molecule has 0 aromatic carbocycles. The molecule has 4 rings (SSSR count). The Morgan fingerprint density at radius 3 is 2.59 bits per heavy atom. The van der Waals surface area contributed by atoms with E-state index in [1.165, 1.54) is 36.7 Å². The zero-order valence-electron chi connectivity index (χ0n) is 16.3. The van der Waals surface area contributed by atoms with E-state index in [2.05, 4.69) is 15.6 Å². The van der Waals surface area contributed by atoms with Crippen LogP contribution in [0.4, 0.5) is 4.79 Å². The van der Waals surface area contributed by atoms with Crippen molar-refractivity contribution in [1.29, 1.82) is 0 Å². The number of amides is 3. The number of fused-ring (bicyclic) bond motifs is 1. The summed E-state index contributed by atoms with van der Waals surface area (Å²) in [7, 11) is 0. The lowest BCUT2D eigenvalue weighted by atomic mass is 9.95. The number of likely N-dealkylation sites (tertiary alicyclic amines) is 1. The zero-order valence-corrected chi connectivity index (χ0v) is 17.8. The van der Waals surface area contributed by atoms with Gasteiger partial charge in [-0.25, -0.2) is 9.78 Å². The molecule has 1 saturated carbocycles. The summed E-state index contributed by atoms with van der Waals surface area (Å²) in [5.74, 6) is -0.156. The Labute approximate surface area is 179 Å². The second-order valence-electron chi connectivity index (χ2n) is 7.73. The monoisotopic (exact) mass is 435 g/mol. The third-order valence-corrected chi connectivity index (χ3v) is 6.74. The summed E-state index contributed by atoms with van der Waals surface area (Å²) in [6.07, 6.45) is 12.4. The van der Waals surface area contributed by atoms with Crippen molar-refractivity contribution in [1.82, 2.24) is 24.9 Å². The number of aromatic nitrogens is 2. The van der Waals surface area contributed by atoms with Crippen LogP contribution < -0.4 is 10.6 Å². The standard InChI is InChI=1S/C20H26ClN5O2S/c21-18-16(26-12-13-29-20(26)24-18)6-7-17(27)22-15-8-10-25(11-9-15)19(28)23-14-4-2-1-3-5-14/h6-7,12-15H,1-5,8-11H2,(H,22,27)(H,23,28)/b7-6+. The summed E-state index contributed by atoms with van der Waals surface area (Å²) < 4.78 is 1.86. The average Bonchev–Trinajstić information content (AvgIpc) is 3.28. The third kappa shape index (κ3) is 4.93. The van der Waals surface area contributed by atoms with Gasteiger partial charge in [0.25, 0.3) is 0 Å². The fourth-order valence-electron chi connectivity index (χ4n) is 4.07. The van der Waals surface area contributed by atoms with Crippen molar-refractivity contribution in [3.05, 3.63) is 28.5 Å². The lowest BCUT2D eigenvalue weighted by Gasteiger charge is -2.34. The lowest BCUT2D eigenvalue weighted by molar-refractivity contribution is -0.117. The lowest BCUT2D eigenvalue weighted by Crippen LogP contribution is -2.51. The van der Waals surface area contributed by atoms with Crippen molar-refractivity contribution in [2.45, 2.75) is 57.0 Å². The molecular formula is C20H26ClN5O2S. The number of nitrogens with one attached hydrogen (secondary N) is 2. The van der Waals surface area contributed by atoms with E-state index in [1.807, 2.05) is 20.9 Å². The molecule has 2 fully saturated rings. The first kappa shape index (κ1) is 20.2. The first-order chi connectivity index (χ1) is 14.1. The number of hydrogen-bond acceptors (Lipinski definition) is 4. The first-order valence-corrected chi connectivity index (χ1v) is 11.5. The topological polar surface area (TPSA) is 78.7 Å². The van der Waals surface area contributed by atoms with Crippen LogP contribution in [-0.4, -0.2) is 51.4 Å². The molecule has 3 amide bonds. The van der Waals surface area contributed by atoms with E-state index < -0.39 is 0 Å². The normalized spacial score (nSPS) is 19.1. The molecule has 29 heavy (non-hydrogen) atoms. The molecule has 2 aliphatic rings. The van der Waals surface area contributed by atoms with Gasteiger partial charge >= 0.3 is 6.03 Å². The van der Waals surface area contributed by atoms with Crippen molar-refractivity contribution in [3.8, 4) is 0 Å². The van der Waals surface area contributed by atoms with E-state index in [0.29, 0.717) is 30.0 Å². The van der Waals surface area contributed by atoms with Crippen LogP contribution in [0.1, 0.15) is 50.6 Å². The summed E-state index contributed by atoms with van der Waals surface area (Å²) in [5, 5.41) is 8.51. The Balaban J connectivity index is 1.24. The molecule has 2 N–H and O–H groups in total. The summed E-state index contributed by atoms with van der Waals surface area (Å²) in [6, 6.07) is 0.438. The van der Waals surface area contributed by atoms with Gasteiger partial charge in [-0.3, -0.25) is 9.20 Å². The molecule has 1 saturated heterocycles. The smallest absolute Gasteiger partial charge is 0.317 e. The van der Waals surface area contributed by atoms with E-state index in [4.69, 9.17) is 11.6 Å². The Bertz CT molecular complexity index is 894. The predicted octanol–water partition coefficient (Wildman–Crippen LogP) is 3.69. The van der Waals surface area contributed by atoms with Gasteiger partial charge in [-0.05, 0) is 31.8 Å². The largest absolute Gasteiger partial charge is 0.350 e. The van der Waals surface area contributed by atoms with Crippen LogP contribution >= 0.6 is 22.9 Å². The van der Waals surface area contributed by atoms with Crippen molar-refractivity contribution >= 4 is 45.9 Å². The van der Waals surface area contributed by atoms with Gasteiger partial charge in [0.05, 0.1) is 5.69 Å². The highest BCUT2D eigenvalue weighted by Crippen LogP contribution is 2.22. The fraction of sp³-hybridized carbons (Fsp3) is 0.550. The molecule has 0 spiro atoms. The number of nitrogens with zero attached hydrogens (tertiary/aromatic N) is 3. The molecule has 0 radical (unpaired) electrons. The van der Waals surface area contributed by atoms with Gasteiger partial charge in [0.1, 0.15) is 0 Å². The number of carbonyl (C=O) groups is 2. The number of hydrogen-bond donors (Lipinski definition) is 2. The second kappa shape index (κ2) is 9.17. The molecule has 3 heterocycles. The maximum Gasteiger partial charge on any atom is 0.317 e. The van der Waals surface area contributed by atoms with Gasteiger partial charge in [0.15, 0.2) is 10.1 Å². The summed E-state index contributed by atoms with van der Waals surface area (Å²) in [4.78, 5) is 31.7. The zero-order chi connectivity index (χ0) is 20.2. The van der Waals surface area contributed by atoms with Crippen LogP contribution in [0.15, 0.2) is 17.7 Å². The third-order valence-electron chi connectivity index (χ3n) is 5.71. The summed E-state index contributed by atoms with van der Waals surface area (Å²) in [6.45, 7) is 1.33. The Kier molecular flexibility index (Phi) is 6.40. The van der Waals surface area contributed by atoms with Gasteiger partial charge in [-0.15, -0.1) is 11.3 Å². The minimum atomic E-state index is -0.156. The van der Waals surface area contributed by atoms with Gasteiger partial charge in [0.2, 0.25) is 5.91 Å². The molecular weight excluding hydrogens is 410 g/mol. The summed E-state index contributed by atoms with van der Waals surface area (Å²) >= 11 is 7.64. The second-order valence-corrected chi connectivity index (χ2v) is 8.96. The quantitative estimate of drug-likeness (QED) is 0.719. The molecule has 0 atom stereocenters. The van der Waals surface area contributed by atoms with Gasteiger partial charge < -0.3 is 15.5 Å². The number of imidazole rings is 1. The van der Waals surface area contributed by atoms with Crippen molar-refractivity contribution in [3.63, 3.8) is 0 Å². The Hall–Kier alpha value is -2.06. The first-order valence-electron chi connectivity index (χ1n) is 10.3. The van der Waals surface area contributed by atoms with E-state index in [-0.39, 0.29) is 18.0 Å². The van der Waals surface area contributed by atoms with Gasteiger partial charge in [0, 0.05) is 42.8 Å². The van der Waals surface area contributed by atoms with Crippen molar-refractivity contribution in [2.24, 2.45) is 0 Å². The van der Waals surface area contributed by atoms with Crippen LogP contribution in [0.5, 0.6) is 0 Å². The number of piperidine rings is 1. The van der Waals surface area contributed by atoms with E-state index in [0.717, 1.165) is 30.6 Å². The van der Waals surface area contributed by atoms with E-state index >= 15 is 0 Å². The maximum absolute atomic E-state index is 12.4. The molecule has 1 aliphatic heterocycles. The van der Waals surface area contributed by atoms with Crippen LogP contribution in [0.25, 0.3) is 11.0 Å². The fourth-order valence-corrected chi connectivity index (χ4v) is 5.07. The number of urea groups is 1. The maximum atomic E-state index is 12.4. The highest BCUT2D eigenvalue weighted by molar-refractivity contribution is 7.15. The molecule has 2 aromatic heterocycles. The molecule has 0 bridgehead atoms. The minimum absolute atomic E-state index is 0.0386. The van der Waals surface area contributed by atoms with E-state index in [1.54, 1.807) is 6.08 Å². The van der Waals surface area contributed by atoms with Crippen molar-refractivity contribution < 1.29 is 9.59 Å². The Morgan fingerprint density at radius 1 is 1.10 bits per heavy atom. The average molecular weight is 436 g/mol. The molecule has 9 heteroatoms. The highest BCUT2D eigenvalue weighted by atomic mass is 35.5. The van der Waals surface area contributed by atoms with E-state index in [9.17, 15) is 9.59 Å².